The molecule has 0 saturated carbocycles. The van der Waals surface area contributed by atoms with Crippen molar-refractivity contribution < 1.29 is 22.4 Å². The first-order valence-electron chi connectivity index (χ1n) is 10.9. The topological polar surface area (TPSA) is 31.5 Å². The molecule has 0 aromatic rings. The fraction of sp³-hybridized carbons (Fsp3) is 1.00. The maximum atomic E-state index is 2.35. The second-order valence-electron chi connectivity index (χ2n) is 8.28. The zero-order chi connectivity index (χ0) is 17.2. The van der Waals surface area contributed by atoms with Crippen LogP contribution in [-0.2, 0) is 0 Å². The number of nitrogens with zero attached hydrogens (tertiary/aromatic N) is 1. The number of unbranched alkanes of at least 4 members (excludes halogenated alkanes) is 15. The van der Waals surface area contributed by atoms with Gasteiger partial charge in [-0.3, -0.25) is 0 Å². The third kappa shape index (κ3) is 24.2. The molecule has 2 N–H and O–H groups in total. The normalized spacial score (nSPS) is 11.0. The Bertz CT molecular complexity index is 234. The highest BCUT2D eigenvalue weighted by Gasteiger charge is 2.09. The van der Waals surface area contributed by atoms with E-state index in [2.05, 4.69) is 27.9 Å². The highest BCUT2D eigenvalue weighted by molar-refractivity contribution is 4.50. The van der Waals surface area contributed by atoms with Gasteiger partial charge in [0.05, 0.1) is 27.2 Å². The molecule has 0 aromatic heterocycles. The van der Waals surface area contributed by atoms with Crippen LogP contribution in [0.1, 0.15) is 117 Å². The summed E-state index contributed by atoms with van der Waals surface area (Å²) in [6.45, 7) is 7.21. The van der Waals surface area contributed by atoms with Crippen molar-refractivity contribution in [3.05, 3.63) is 0 Å². The monoisotopic (exact) mass is 379 g/mol. The molecule has 0 aliphatic rings. The summed E-state index contributed by atoms with van der Waals surface area (Å²) in [4.78, 5) is 0. The van der Waals surface area contributed by atoms with Crippen LogP contribution in [0.25, 0.3) is 0 Å². The minimum Gasteiger partial charge on any atom is -1.00 e. The highest BCUT2D eigenvalue weighted by atomic mass is 35.5. The average Bonchev–Trinajstić information content (AvgIpc) is 2.54. The van der Waals surface area contributed by atoms with Gasteiger partial charge in [-0.2, -0.15) is 0 Å². The molecule has 0 radical (unpaired) electrons. The molecule has 0 atom stereocenters. The number of rotatable bonds is 18. The van der Waals surface area contributed by atoms with Gasteiger partial charge in [0, 0.05) is 0 Å². The summed E-state index contributed by atoms with van der Waals surface area (Å²) in [7, 11) is 4.70. The van der Waals surface area contributed by atoms with Crippen molar-refractivity contribution in [3.8, 4) is 0 Å². The number of hydrogen-bond donors (Lipinski definition) is 0. The molecule has 0 rings (SSSR count). The van der Waals surface area contributed by atoms with Crippen LogP contribution in [0.2, 0.25) is 0 Å². The fourth-order valence-electron chi connectivity index (χ4n) is 3.25. The molecule has 0 unspecified atom stereocenters. The molecule has 0 aromatic carbocycles. The van der Waals surface area contributed by atoms with Gasteiger partial charge in [0.1, 0.15) is 0 Å². The Balaban J connectivity index is -0.00000242. The van der Waals surface area contributed by atoms with Gasteiger partial charge in [0.25, 0.3) is 0 Å². The van der Waals surface area contributed by atoms with Crippen molar-refractivity contribution in [2.24, 2.45) is 0 Å². The van der Waals surface area contributed by atoms with Crippen LogP contribution in [0.4, 0.5) is 0 Å². The summed E-state index contributed by atoms with van der Waals surface area (Å²) in [5.74, 6) is 0. The van der Waals surface area contributed by atoms with Crippen molar-refractivity contribution in [3.63, 3.8) is 0 Å². The summed E-state index contributed by atoms with van der Waals surface area (Å²) in [5.41, 5.74) is 0. The van der Waals surface area contributed by atoms with Gasteiger partial charge in [-0.1, -0.05) is 96.8 Å². The van der Waals surface area contributed by atoms with Crippen molar-refractivity contribution in [2.45, 2.75) is 117 Å². The summed E-state index contributed by atoms with van der Waals surface area (Å²) < 4.78 is 1.19. The Hall–Kier alpha value is 0.210. The zero-order valence-corrected chi connectivity index (χ0v) is 18.8. The summed E-state index contributed by atoms with van der Waals surface area (Å²) in [6, 6.07) is 0. The van der Waals surface area contributed by atoms with Gasteiger partial charge in [0.2, 0.25) is 0 Å². The van der Waals surface area contributed by atoms with E-state index < -0.39 is 0 Å². The Kier molecular flexibility index (Phi) is 26.7. The molecule has 3 heteroatoms. The second kappa shape index (κ2) is 22.3. The van der Waals surface area contributed by atoms with E-state index >= 15 is 0 Å². The van der Waals surface area contributed by atoms with Gasteiger partial charge in [-0.15, -0.1) is 0 Å². The zero-order valence-electron chi connectivity index (χ0n) is 18.1. The van der Waals surface area contributed by atoms with E-state index in [1.807, 2.05) is 0 Å². The minimum absolute atomic E-state index is 0. The van der Waals surface area contributed by atoms with Crippen LogP contribution < -0.4 is 12.4 Å². The lowest BCUT2D eigenvalue weighted by Crippen LogP contribution is -3.00. The predicted molar refractivity (Wildman–Crippen MR) is 111 cm³/mol. The average molecular weight is 380 g/mol. The molecule has 0 fully saturated rings. The summed E-state index contributed by atoms with van der Waals surface area (Å²) in [6.07, 6.45) is 23.4. The smallest absolute Gasteiger partial charge is 0.0782 e. The Morgan fingerprint density at radius 1 is 0.480 bits per heavy atom. The summed E-state index contributed by atoms with van der Waals surface area (Å²) >= 11 is 0. The van der Waals surface area contributed by atoms with Gasteiger partial charge in [0.15, 0.2) is 0 Å². The van der Waals surface area contributed by atoms with Crippen LogP contribution in [0.5, 0.6) is 0 Å². The first-order valence-corrected chi connectivity index (χ1v) is 10.9. The molecule has 0 aliphatic carbocycles. The van der Waals surface area contributed by atoms with E-state index in [-0.39, 0.29) is 17.9 Å². The molecular formula is C22H50ClNO. The molecule has 156 valence electrons. The molecule has 0 heterocycles. The number of halogens is 1. The van der Waals surface area contributed by atoms with Crippen LogP contribution >= 0.6 is 0 Å². The van der Waals surface area contributed by atoms with Gasteiger partial charge in [-0.05, 0) is 19.8 Å². The Morgan fingerprint density at radius 3 is 1.04 bits per heavy atom. The molecule has 0 amide bonds. The van der Waals surface area contributed by atoms with E-state index in [1.54, 1.807) is 0 Å². The lowest BCUT2D eigenvalue weighted by Gasteiger charge is -2.28. The molecule has 0 aliphatic heterocycles. The summed E-state index contributed by atoms with van der Waals surface area (Å²) in [5, 5.41) is 0. The van der Waals surface area contributed by atoms with Crippen LogP contribution in [0, 0.1) is 0 Å². The predicted octanol–water partition coefficient (Wildman–Crippen LogP) is 3.52. The Morgan fingerprint density at radius 2 is 0.760 bits per heavy atom. The van der Waals surface area contributed by atoms with Gasteiger partial charge >= 0.3 is 0 Å². The van der Waals surface area contributed by atoms with Crippen LogP contribution in [0.15, 0.2) is 0 Å². The molecule has 0 spiro atoms. The van der Waals surface area contributed by atoms with E-state index in [9.17, 15) is 0 Å². The maximum Gasteiger partial charge on any atom is 0.0782 e. The van der Waals surface area contributed by atoms with Gasteiger partial charge < -0.3 is 22.4 Å². The molecular weight excluding hydrogens is 330 g/mol. The van der Waals surface area contributed by atoms with Crippen molar-refractivity contribution >= 4 is 0 Å². The highest BCUT2D eigenvalue weighted by Crippen LogP contribution is 2.14. The number of quaternary nitrogens is 1. The maximum absolute atomic E-state index is 2.35. The quantitative estimate of drug-likeness (QED) is 0.258. The Labute approximate surface area is 166 Å². The third-order valence-electron chi connectivity index (χ3n) is 5.47. The SMILES string of the molecule is CCCCCCCCCCCCCCCCCC[N+](C)(C)CC.O.[Cl-]. The van der Waals surface area contributed by atoms with Crippen molar-refractivity contribution in [1.29, 1.82) is 0 Å². The largest absolute Gasteiger partial charge is 1.00 e. The standard InChI is InChI=1S/C22H48N.ClH.H2O/c1-5-7-8-9-10-11-12-13-14-15-16-17-18-19-20-21-22-23(3,4)6-2;;/h5-22H2,1-4H3;1H;1H2/q+1;;/p-1. The molecule has 0 bridgehead atoms. The van der Waals surface area contributed by atoms with E-state index in [4.69, 9.17) is 0 Å². The minimum atomic E-state index is 0. The van der Waals surface area contributed by atoms with Crippen molar-refractivity contribution in [1.82, 2.24) is 0 Å². The van der Waals surface area contributed by atoms with Crippen LogP contribution in [0.3, 0.4) is 0 Å². The second-order valence-corrected chi connectivity index (χ2v) is 8.28. The molecule has 25 heavy (non-hydrogen) atoms. The lowest BCUT2D eigenvalue weighted by molar-refractivity contribution is -0.888. The fourth-order valence-corrected chi connectivity index (χ4v) is 3.25. The molecule has 0 saturated heterocycles. The first kappa shape index (κ1) is 30.0. The number of hydrogen-bond acceptors (Lipinski definition) is 0. The van der Waals surface area contributed by atoms with E-state index in [0.29, 0.717) is 0 Å². The lowest BCUT2D eigenvalue weighted by atomic mass is 10.0. The van der Waals surface area contributed by atoms with E-state index in [0.717, 1.165) is 0 Å². The third-order valence-corrected chi connectivity index (χ3v) is 5.47. The van der Waals surface area contributed by atoms with Crippen LogP contribution in [-0.4, -0.2) is 37.1 Å². The van der Waals surface area contributed by atoms with Crippen molar-refractivity contribution in [2.75, 3.05) is 27.2 Å². The molecule has 2 nitrogen and oxygen atoms in total. The van der Waals surface area contributed by atoms with Gasteiger partial charge in [-0.25, -0.2) is 0 Å². The first-order chi connectivity index (χ1) is 11.1. The van der Waals surface area contributed by atoms with E-state index in [1.165, 1.54) is 120 Å².